The lowest BCUT2D eigenvalue weighted by Crippen LogP contribution is -2.42. The third kappa shape index (κ3) is 4.53. The van der Waals surface area contributed by atoms with Crippen LogP contribution in [0.5, 0.6) is 0 Å². The summed E-state index contributed by atoms with van der Waals surface area (Å²) >= 11 is 0. The van der Waals surface area contributed by atoms with Crippen molar-refractivity contribution in [3.05, 3.63) is 29.3 Å². The van der Waals surface area contributed by atoms with Gasteiger partial charge in [0.25, 0.3) is 5.91 Å². The zero-order valence-electron chi connectivity index (χ0n) is 13.2. The minimum Gasteiger partial charge on any atom is -0.399 e. The van der Waals surface area contributed by atoms with E-state index in [1.54, 1.807) is 12.1 Å². The molecule has 0 fully saturated rings. The van der Waals surface area contributed by atoms with Crippen LogP contribution >= 0.6 is 0 Å². The zero-order valence-corrected chi connectivity index (χ0v) is 13.2. The van der Waals surface area contributed by atoms with E-state index in [1.807, 2.05) is 13.0 Å². The minimum atomic E-state index is -0.0324. The van der Waals surface area contributed by atoms with Crippen molar-refractivity contribution in [2.75, 3.05) is 18.8 Å². The van der Waals surface area contributed by atoms with Gasteiger partial charge in [-0.05, 0) is 58.4 Å². The van der Waals surface area contributed by atoms with Gasteiger partial charge in [0.2, 0.25) is 0 Å². The Morgan fingerprint density at radius 3 is 2.35 bits per heavy atom. The number of anilines is 1. The highest BCUT2D eigenvalue weighted by Gasteiger charge is 2.14. The van der Waals surface area contributed by atoms with Gasteiger partial charge in [0.1, 0.15) is 0 Å². The molecule has 1 rings (SSSR count). The summed E-state index contributed by atoms with van der Waals surface area (Å²) in [6.07, 6.45) is 0. The number of hydrogen-bond acceptors (Lipinski definition) is 3. The maximum absolute atomic E-state index is 12.1. The largest absolute Gasteiger partial charge is 0.399 e. The Bertz CT molecular complexity index is 447. The van der Waals surface area contributed by atoms with Crippen LogP contribution in [0.1, 0.15) is 43.6 Å². The fourth-order valence-corrected chi connectivity index (χ4v) is 2.45. The Hall–Kier alpha value is -1.55. The van der Waals surface area contributed by atoms with Gasteiger partial charge in [0, 0.05) is 36.4 Å². The molecular weight excluding hydrogens is 250 g/mol. The van der Waals surface area contributed by atoms with Crippen molar-refractivity contribution in [1.82, 2.24) is 10.2 Å². The van der Waals surface area contributed by atoms with Crippen LogP contribution in [-0.4, -0.2) is 36.0 Å². The summed E-state index contributed by atoms with van der Waals surface area (Å²) in [5, 5.41) is 2.98. The predicted molar refractivity (Wildman–Crippen MR) is 84.9 cm³/mol. The van der Waals surface area contributed by atoms with Crippen molar-refractivity contribution in [1.29, 1.82) is 0 Å². The number of nitrogens with two attached hydrogens (primary N) is 1. The monoisotopic (exact) mass is 277 g/mol. The topological polar surface area (TPSA) is 58.4 Å². The molecule has 0 aliphatic heterocycles. The van der Waals surface area contributed by atoms with E-state index in [9.17, 15) is 4.79 Å². The number of carbonyl (C=O) groups excluding carboxylic acids is 1. The maximum Gasteiger partial charge on any atom is 0.251 e. The third-order valence-corrected chi connectivity index (χ3v) is 3.48. The molecule has 1 amide bonds. The zero-order chi connectivity index (χ0) is 15.3. The van der Waals surface area contributed by atoms with Crippen LogP contribution in [0.15, 0.2) is 18.2 Å². The second-order valence-electron chi connectivity index (χ2n) is 5.76. The standard InChI is InChI=1S/C16H27N3O/c1-11(2)19(12(3)4)9-8-18-16(20)15-7-6-14(17)10-13(15)5/h6-7,10-12H,8-9,17H2,1-5H3,(H,18,20). The summed E-state index contributed by atoms with van der Waals surface area (Å²) in [5.41, 5.74) is 7.98. The smallest absolute Gasteiger partial charge is 0.251 e. The van der Waals surface area contributed by atoms with E-state index in [2.05, 4.69) is 37.9 Å². The Morgan fingerprint density at radius 2 is 1.85 bits per heavy atom. The number of nitrogens with one attached hydrogen (secondary N) is 1. The van der Waals surface area contributed by atoms with Crippen molar-refractivity contribution < 1.29 is 4.79 Å². The summed E-state index contributed by atoms with van der Waals surface area (Å²) < 4.78 is 0. The van der Waals surface area contributed by atoms with Crippen molar-refractivity contribution >= 4 is 11.6 Å². The lowest BCUT2D eigenvalue weighted by Gasteiger charge is -2.30. The molecule has 3 N–H and O–H groups in total. The third-order valence-electron chi connectivity index (χ3n) is 3.48. The molecule has 0 atom stereocenters. The molecule has 0 aromatic heterocycles. The second-order valence-corrected chi connectivity index (χ2v) is 5.76. The summed E-state index contributed by atoms with van der Waals surface area (Å²) in [7, 11) is 0. The average molecular weight is 277 g/mol. The molecule has 0 radical (unpaired) electrons. The van der Waals surface area contributed by atoms with Crippen LogP contribution in [0, 0.1) is 6.92 Å². The fourth-order valence-electron chi connectivity index (χ4n) is 2.45. The maximum atomic E-state index is 12.1. The molecule has 0 bridgehead atoms. The average Bonchev–Trinajstić information content (AvgIpc) is 2.33. The molecule has 1 aromatic carbocycles. The molecule has 0 saturated carbocycles. The molecule has 4 heteroatoms. The van der Waals surface area contributed by atoms with Crippen LogP contribution < -0.4 is 11.1 Å². The number of aryl methyl sites for hydroxylation is 1. The van der Waals surface area contributed by atoms with Gasteiger partial charge < -0.3 is 11.1 Å². The van der Waals surface area contributed by atoms with E-state index in [1.165, 1.54) is 0 Å². The first kappa shape index (κ1) is 16.5. The van der Waals surface area contributed by atoms with Crippen LogP contribution in [0.4, 0.5) is 5.69 Å². The first-order valence-electron chi connectivity index (χ1n) is 7.23. The van der Waals surface area contributed by atoms with E-state index < -0.39 is 0 Å². The van der Waals surface area contributed by atoms with Gasteiger partial charge in [-0.1, -0.05) is 0 Å². The number of nitrogen functional groups attached to an aromatic ring is 1. The van der Waals surface area contributed by atoms with E-state index in [4.69, 9.17) is 5.73 Å². The summed E-state index contributed by atoms with van der Waals surface area (Å²) in [5.74, 6) is -0.0324. The Labute approximate surface area is 122 Å². The SMILES string of the molecule is Cc1cc(N)ccc1C(=O)NCCN(C(C)C)C(C)C. The normalized spacial score (nSPS) is 11.4. The molecule has 0 saturated heterocycles. The van der Waals surface area contributed by atoms with Crippen LogP contribution in [0.3, 0.4) is 0 Å². The molecular formula is C16H27N3O. The van der Waals surface area contributed by atoms with Crippen molar-refractivity contribution in [3.8, 4) is 0 Å². The summed E-state index contributed by atoms with van der Waals surface area (Å²) in [6.45, 7) is 12.1. The molecule has 112 valence electrons. The molecule has 1 aromatic rings. The summed E-state index contributed by atoms with van der Waals surface area (Å²) in [4.78, 5) is 14.5. The predicted octanol–water partition coefficient (Wildman–Crippen LogP) is 2.43. The molecule has 20 heavy (non-hydrogen) atoms. The Kier molecular flexibility index (Phi) is 6.02. The lowest BCUT2D eigenvalue weighted by molar-refractivity contribution is 0.0939. The van der Waals surface area contributed by atoms with Crippen molar-refractivity contribution in [3.63, 3.8) is 0 Å². The highest BCUT2D eigenvalue weighted by molar-refractivity contribution is 5.95. The summed E-state index contributed by atoms with van der Waals surface area (Å²) in [6, 6.07) is 6.32. The number of amides is 1. The molecule has 0 aliphatic carbocycles. The molecule has 0 unspecified atom stereocenters. The van der Waals surface area contributed by atoms with Gasteiger partial charge in [0.05, 0.1) is 0 Å². The number of carbonyl (C=O) groups is 1. The Balaban J connectivity index is 2.55. The van der Waals surface area contributed by atoms with E-state index in [0.717, 1.165) is 12.1 Å². The molecule has 0 heterocycles. The van der Waals surface area contributed by atoms with E-state index >= 15 is 0 Å². The Morgan fingerprint density at radius 1 is 1.25 bits per heavy atom. The highest BCUT2D eigenvalue weighted by Crippen LogP contribution is 2.12. The fraction of sp³-hybridized carbons (Fsp3) is 0.562. The number of hydrogen-bond donors (Lipinski definition) is 2. The number of benzene rings is 1. The van der Waals surface area contributed by atoms with Gasteiger partial charge in [-0.3, -0.25) is 9.69 Å². The van der Waals surface area contributed by atoms with Crippen LogP contribution in [0.25, 0.3) is 0 Å². The first-order valence-corrected chi connectivity index (χ1v) is 7.23. The molecule has 0 aliphatic rings. The highest BCUT2D eigenvalue weighted by atomic mass is 16.1. The van der Waals surface area contributed by atoms with Gasteiger partial charge >= 0.3 is 0 Å². The molecule has 0 spiro atoms. The molecule has 4 nitrogen and oxygen atoms in total. The van der Waals surface area contributed by atoms with Crippen molar-refractivity contribution in [2.45, 2.75) is 46.7 Å². The lowest BCUT2D eigenvalue weighted by atomic mass is 10.1. The van der Waals surface area contributed by atoms with E-state index in [0.29, 0.717) is 29.9 Å². The van der Waals surface area contributed by atoms with Crippen molar-refractivity contribution in [2.24, 2.45) is 0 Å². The van der Waals surface area contributed by atoms with Crippen LogP contribution in [-0.2, 0) is 0 Å². The van der Waals surface area contributed by atoms with Gasteiger partial charge in [-0.2, -0.15) is 0 Å². The van der Waals surface area contributed by atoms with E-state index in [-0.39, 0.29) is 5.91 Å². The second kappa shape index (κ2) is 7.29. The van der Waals surface area contributed by atoms with Gasteiger partial charge in [0.15, 0.2) is 0 Å². The minimum absolute atomic E-state index is 0.0324. The number of nitrogens with zero attached hydrogens (tertiary/aromatic N) is 1. The van der Waals surface area contributed by atoms with Gasteiger partial charge in [-0.25, -0.2) is 0 Å². The first-order chi connectivity index (χ1) is 9.32. The van der Waals surface area contributed by atoms with Crippen LogP contribution in [0.2, 0.25) is 0 Å². The number of rotatable bonds is 6. The van der Waals surface area contributed by atoms with Gasteiger partial charge in [-0.15, -0.1) is 0 Å². The quantitative estimate of drug-likeness (QED) is 0.785.